The van der Waals surface area contributed by atoms with Gasteiger partial charge >= 0.3 is 5.97 Å². The van der Waals surface area contributed by atoms with E-state index in [-0.39, 0.29) is 36.3 Å². The Kier molecular flexibility index (Phi) is 10.4. The smallest absolute Gasteiger partial charge is 0.302 e. The van der Waals surface area contributed by atoms with Crippen LogP contribution in [0.4, 0.5) is 0 Å². The number of aromatic amines is 1. The van der Waals surface area contributed by atoms with Gasteiger partial charge in [-0.05, 0) is 44.1 Å². The molecule has 2 aliphatic rings. The Bertz CT molecular complexity index is 918. The zero-order valence-electron chi connectivity index (χ0n) is 21.1. The fraction of sp³-hybridized carbons (Fsp3) is 0.630. The number of benzene rings is 1. The fourth-order valence-corrected chi connectivity index (χ4v) is 5.05. The SMILES string of the molecule is CC(=O)O[C@@H]1C[C@H](OC2CCCCO2)[C@@H](COCc2ccccc2)[C@@H]1C=CCCCCc1nn[nH]n1. The van der Waals surface area contributed by atoms with E-state index in [4.69, 9.17) is 18.9 Å². The van der Waals surface area contributed by atoms with Crippen LogP contribution in [0.15, 0.2) is 42.5 Å². The molecule has 1 unspecified atom stereocenters. The molecule has 1 saturated carbocycles. The standard InChI is InChI=1S/C27H38N4O5/c1-20(32)35-24-17-25(36-27-15-9-10-16-34-27)23(19-33-18-21-11-5-4-6-12-21)22(24)13-7-2-3-8-14-26-28-30-31-29-26/h4-7,11-13,22-25,27H,2-3,8-10,14-19H2,1H3,(H,28,29,30,31)/t22-,23-,24+,25-,27?/m0/s1. The van der Waals surface area contributed by atoms with E-state index >= 15 is 0 Å². The van der Waals surface area contributed by atoms with Crippen LogP contribution >= 0.6 is 0 Å². The largest absolute Gasteiger partial charge is 0.462 e. The van der Waals surface area contributed by atoms with Gasteiger partial charge in [0.25, 0.3) is 0 Å². The first kappa shape index (κ1) is 26.4. The van der Waals surface area contributed by atoms with Crippen molar-refractivity contribution in [2.45, 2.75) is 83.4 Å². The van der Waals surface area contributed by atoms with E-state index in [1.165, 1.54) is 6.92 Å². The number of aryl methyl sites for hydroxylation is 1. The van der Waals surface area contributed by atoms with Crippen molar-refractivity contribution in [1.29, 1.82) is 0 Å². The third-order valence-electron chi connectivity index (χ3n) is 6.84. The van der Waals surface area contributed by atoms with Crippen LogP contribution in [0.5, 0.6) is 0 Å². The molecule has 1 aromatic carbocycles. The van der Waals surface area contributed by atoms with E-state index in [9.17, 15) is 4.79 Å². The Labute approximate surface area is 212 Å². The van der Waals surface area contributed by atoms with E-state index in [0.29, 0.717) is 19.6 Å². The van der Waals surface area contributed by atoms with Crippen LogP contribution in [0.1, 0.15) is 63.3 Å². The van der Waals surface area contributed by atoms with Gasteiger partial charge in [-0.1, -0.05) is 47.7 Å². The van der Waals surface area contributed by atoms with Crippen LogP contribution in [0.2, 0.25) is 0 Å². The second kappa shape index (κ2) is 14.2. The molecule has 1 aromatic heterocycles. The molecule has 1 aliphatic heterocycles. The number of carbonyl (C=O) groups excluding carboxylic acids is 1. The average molecular weight is 499 g/mol. The first-order chi connectivity index (χ1) is 17.7. The van der Waals surface area contributed by atoms with Gasteiger partial charge in [-0.2, -0.15) is 5.21 Å². The molecule has 2 heterocycles. The molecule has 9 heteroatoms. The summed E-state index contributed by atoms with van der Waals surface area (Å²) in [4.78, 5) is 11.9. The van der Waals surface area contributed by atoms with Crippen LogP contribution in [0, 0.1) is 11.8 Å². The molecule has 196 valence electrons. The van der Waals surface area contributed by atoms with Crippen molar-refractivity contribution < 1.29 is 23.7 Å². The van der Waals surface area contributed by atoms with Gasteiger partial charge in [-0.25, -0.2) is 0 Å². The fourth-order valence-electron chi connectivity index (χ4n) is 5.05. The number of H-pyrrole nitrogens is 1. The maximum Gasteiger partial charge on any atom is 0.302 e. The normalized spacial score (nSPS) is 26.4. The highest BCUT2D eigenvalue weighted by molar-refractivity contribution is 5.66. The van der Waals surface area contributed by atoms with Crippen LogP contribution in [-0.2, 0) is 36.8 Å². The van der Waals surface area contributed by atoms with Crippen LogP contribution in [0.3, 0.4) is 0 Å². The lowest BCUT2D eigenvalue weighted by molar-refractivity contribution is -0.199. The molecule has 1 aliphatic carbocycles. The number of hydrogen-bond donors (Lipinski definition) is 1. The van der Waals surface area contributed by atoms with Crippen molar-refractivity contribution in [1.82, 2.24) is 20.6 Å². The lowest BCUT2D eigenvalue weighted by atomic mass is 9.93. The Hall–Kier alpha value is -2.62. The van der Waals surface area contributed by atoms with Gasteiger partial charge in [0, 0.05) is 38.2 Å². The molecule has 0 spiro atoms. The summed E-state index contributed by atoms with van der Waals surface area (Å²) in [5.74, 6) is 0.567. The molecule has 1 saturated heterocycles. The summed E-state index contributed by atoms with van der Waals surface area (Å²) >= 11 is 0. The number of rotatable bonds is 13. The number of allylic oxidation sites excluding steroid dienone is 1. The maximum atomic E-state index is 11.9. The van der Waals surface area contributed by atoms with Crippen LogP contribution in [-0.4, -0.2) is 58.3 Å². The highest BCUT2D eigenvalue weighted by Gasteiger charge is 2.45. The van der Waals surface area contributed by atoms with Crippen molar-refractivity contribution >= 4 is 5.97 Å². The third kappa shape index (κ3) is 8.21. The molecule has 0 bridgehead atoms. The van der Waals surface area contributed by atoms with E-state index in [0.717, 1.165) is 62.9 Å². The van der Waals surface area contributed by atoms with Crippen LogP contribution in [0.25, 0.3) is 0 Å². The molecule has 0 amide bonds. The first-order valence-corrected chi connectivity index (χ1v) is 13.1. The number of unbranched alkanes of at least 4 members (excludes halogenated alkanes) is 2. The number of carbonyl (C=O) groups is 1. The summed E-state index contributed by atoms with van der Waals surface area (Å²) in [7, 11) is 0. The monoisotopic (exact) mass is 498 g/mol. The first-order valence-electron chi connectivity index (χ1n) is 13.1. The summed E-state index contributed by atoms with van der Waals surface area (Å²) in [5, 5.41) is 14.1. The second-order valence-corrected chi connectivity index (χ2v) is 9.60. The predicted molar refractivity (Wildman–Crippen MR) is 133 cm³/mol. The zero-order chi connectivity index (χ0) is 25.0. The van der Waals surface area contributed by atoms with Gasteiger partial charge < -0.3 is 18.9 Å². The van der Waals surface area contributed by atoms with E-state index < -0.39 is 0 Å². The number of hydrogen-bond acceptors (Lipinski definition) is 8. The molecule has 9 nitrogen and oxygen atoms in total. The Morgan fingerprint density at radius 3 is 2.83 bits per heavy atom. The molecule has 0 radical (unpaired) electrons. The summed E-state index contributed by atoms with van der Waals surface area (Å²) < 4.78 is 24.3. The molecule has 1 N–H and O–H groups in total. The highest BCUT2D eigenvalue weighted by Crippen LogP contribution is 2.39. The van der Waals surface area contributed by atoms with E-state index in [1.807, 2.05) is 18.2 Å². The van der Waals surface area contributed by atoms with Crippen molar-refractivity contribution in [3.8, 4) is 0 Å². The van der Waals surface area contributed by atoms with Gasteiger partial charge in [-0.15, -0.1) is 10.2 Å². The molecule has 5 atom stereocenters. The molecule has 36 heavy (non-hydrogen) atoms. The van der Waals surface area contributed by atoms with Crippen molar-refractivity contribution in [2.24, 2.45) is 11.8 Å². The topological polar surface area (TPSA) is 108 Å². The van der Waals surface area contributed by atoms with E-state index in [2.05, 4.69) is 44.9 Å². The molecular weight excluding hydrogens is 460 g/mol. The van der Waals surface area contributed by atoms with Gasteiger partial charge in [0.1, 0.15) is 6.10 Å². The van der Waals surface area contributed by atoms with Crippen molar-refractivity contribution in [3.63, 3.8) is 0 Å². The minimum atomic E-state index is -0.267. The number of tetrazole rings is 1. The quantitative estimate of drug-likeness (QED) is 0.249. The van der Waals surface area contributed by atoms with Gasteiger partial charge in [-0.3, -0.25) is 4.79 Å². The van der Waals surface area contributed by atoms with Gasteiger partial charge in [0.05, 0.1) is 19.3 Å². The molecule has 2 fully saturated rings. The van der Waals surface area contributed by atoms with Crippen LogP contribution < -0.4 is 0 Å². The Morgan fingerprint density at radius 2 is 2.08 bits per heavy atom. The number of ether oxygens (including phenoxy) is 4. The maximum absolute atomic E-state index is 11.9. The second-order valence-electron chi connectivity index (χ2n) is 9.60. The summed E-state index contributed by atoms with van der Waals surface area (Å²) in [5.41, 5.74) is 1.13. The summed E-state index contributed by atoms with van der Waals surface area (Å²) in [6.07, 6.45) is 11.3. The van der Waals surface area contributed by atoms with Gasteiger partial charge in [0.15, 0.2) is 12.1 Å². The number of aromatic nitrogens is 4. The summed E-state index contributed by atoms with van der Waals surface area (Å²) in [6.45, 7) is 3.26. The Balaban J connectivity index is 1.38. The van der Waals surface area contributed by atoms with Crippen molar-refractivity contribution in [2.75, 3.05) is 13.2 Å². The highest BCUT2D eigenvalue weighted by atomic mass is 16.7. The molecule has 2 aromatic rings. The van der Waals surface area contributed by atoms with E-state index in [1.54, 1.807) is 0 Å². The predicted octanol–water partition coefficient (Wildman–Crippen LogP) is 4.17. The van der Waals surface area contributed by atoms with Crippen molar-refractivity contribution in [3.05, 3.63) is 53.9 Å². The third-order valence-corrected chi connectivity index (χ3v) is 6.84. The minimum absolute atomic E-state index is 0.0236. The Morgan fingerprint density at radius 1 is 1.19 bits per heavy atom. The zero-order valence-corrected chi connectivity index (χ0v) is 21.1. The number of esters is 1. The van der Waals surface area contributed by atoms with Gasteiger partial charge in [0.2, 0.25) is 0 Å². The number of nitrogens with zero attached hydrogens (tertiary/aromatic N) is 3. The summed E-state index contributed by atoms with van der Waals surface area (Å²) in [6, 6.07) is 10.2. The minimum Gasteiger partial charge on any atom is -0.462 e. The lowest BCUT2D eigenvalue weighted by Gasteiger charge is -2.29. The average Bonchev–Trinajstić information content (AvgIpc) is 3.51. The number of nitrogens with one attached hydrogen (secondary N) is 1. The molecule has 4 rings (SSSR count). The lowest BCUT2D eigenvalue weighted by Crippen LogP contribution is -2.33. The molecular formula is C27H38N4O5.